The number of rotatable bonds is 5. The molecule has 0 aliphatic heterocycles. The fraction of sp³-hybridized carbons (Fsp3) is 0.250. The summed E-state index contributed by atoms with van der Waals surface area (Å²) in [5, 5.41) is 6.17. The van der Waals surface area contributed by atoms with Gasteiger partial charge < -0.3 is 10.3 Å². The van der Waals surface area contributed by atoms with Crippen molar-refractivity contribution in [2.24, 2.45) is 0 Å². The Morgan fingerprint density at radius 3 is 2.96 bits per heavy atom. The highest BCUT2D eigenvalue weighted by Crippen LogP contribution is 2.08. The fourth-order valence-electron chi connectivity index (χ4n) is 2.36. The van der Waals surface area contributed by atoms with E-state index >= 15 is 0 Å². The normalized spacial score (nSPS) is 10.9. The number of hydrogen-bond donors (Lipinski definition) is 2. The number of hydrogen-bond acceptors (Lipinski definition) is 5. The number of carbonyl (C=O) groups is 1. The van der Waals surface area contributed by atoms with Gasteiger partial charge in [0.05, 0.1) is 17.4 Å². The number of amides is 1. The molecular formula is C16H16N4O2S2. The predicted molar refractivity (Wildman–Crippen MR) is 96.7 cm³/mol. The van der Waals surface area contributed by atoms with Crippen molar-refractivity contribution in [3.8, 4) is 0 Å². The number of aromatic nitrogens is 3. The summed E-state index contributed by atoms with van der Waals surface area (Å²) in [7, 11) is 0. The summed E-state index contributed by atoms with van der Waals surface area (Å²) in [5.41, 5.74) is 1.46. The lowest BCUT2D eigenvalue weighted by atomic mass is 10.2. The third kappa shape index (κ3) is 3.60. The van der Waals surface area contributed by atoms with Gasteiger partial charge in [0.2, 0.25) is 5.91 Å². The van der Waals surface area contributed by atoms with E-state index < -0.39 is 0 Å². The quantitative estimate of drug-likeness (QED) is 0.685. The van der Waals surface area contributed by atoms with Crippen LogP contribution in [0.25, 0.3) is 10.9 Å². The Labute approximate surface area is 147 Å². The maximum absolute atomic E-state index is 12.5. The molecule has 0 atom stereocenters. The first-order valence-electron chi connectivity index (χ1n) is 7.44. The summed E-state index contributed by atoms with van der Waals surface area (Å²) in [4.78, 5) is 31.8. The highest BCUT2D eigenvalue weighted by atomic mass is 32.1. The van der Waals surface area contributed by atoms with Gasteiger partial charge in [-0.05, 0) is 31.3 Å². The molecule has 3 rings (SSSR count). The van der Waals surface area contributed by atoms with E-state index in [0.29, 0.717) is 22.2 Å². The second-order valence-corrected chi connectivity index (χ2v) is 6.67. The number of aryl methyl sites for hydroxylation is 1. The Kier molecular flexibility index (Phi) is 4.86. The molecule has 1 aromatic carbocycles. The summed E-state index contributed by atoms with van der Waals surface area (Å²) >= 11 is 6.74. The molecule has 3 aromatic rings. The van der Waals surface area contributed by atoms with Crippen molar-refractivity contribution < 1.29 is 4.79 Å². The predicted octanol–water partition coefficient (Wildman–Crippen LogP) is 2.53. The van der Waals surface area contributed by atoms with Crippen LogP contribution in [-0.2, 0) is 17.9 Å². The van der Waals surface area contributed by atoms with Gasteiger partial charge >= 0.3 is 0 Å². The number of benzene rings is 1. The Balaban J connectivity index is 1.68. The zero-order valence-electron chi connectivity index (χ0n) is 13.0. The molecule has 6 nitrogen and oxygen atoms in total. The molecule has 0 unspecified atom stereocenters. The minimum Gasteiger partial charge on any atom is -0.350 e. The van der Waals surface area contributed by atoms with Crippen molar-refractivity contribution in [1.29, 1.82) is 0 Å². The molecule has 0 spiro atoms. The highest BCUT2D eigenvalue weighted by molar-refractivity contribution is 7.71. The van der Waals surface area contributed by atoms with Crippen LogP contribution in [0.5, 0.6) is 0 Å². The number of aromatic amines is 1. The maximum Gasteiger partial charge on any atom is 0.262 e. The average Bonchev–Trinajstić information content (AvgIpc) is 2.98. The van der Waals surface area contributed by atoms with E-state index in [0.717, 1.165) is 10.7 Å². The van der Waals surface area contributed by atoms with Crippen LogP contribution in [0.4, 0.5) is 0 Å². The van der Waals surface area contributed by atoms with Gasteiger partial charge in [0.25, 0.3) is 5.56 Å². The summed E-state index contributed by atoms with van der Waals surface area (Å²) < 4.78 is 1.74. The lowest BCUT2D eigenvalue weighted by Gasteiger charge is -2.08. The molecule has 124 valence electrons. The van der Waals surface area contributed by atoms with Gasteiger partial charge in [0, 0.05) is 24.0 Å². The maximum atomic E-state index is 12.5. The lowest BCUT2D eigenvalue weighted by Crippen LogP contribution is -2.28. The average molecular weight is 360 g/mol. The third-order valence-corrected chi connectivity index (χ3v) is 4.84. The Morgan fingerprint density at radius 2 is 2.21 bits per heavy atom. The molecule has 1 amide bonds. The van der Waals surface area contributed by atoms with Crippen molar-refractivity contribution in [2.45, 2.75) is 26.4 Å². The van der Waals surface area contributed by atoms with Crippen LogP contribution in [0.2, 0.25) is 0 Å². The van der Waals surface area contributed by atoms with Crippen LogP contribution in [-0.4, -0.2) is 20.4 Å². The van der Waals surface area contributed by atoms with E-state index in [2.05, 4.69) is 15.3 Å². The molecule has 0 saturated carbocycles. The van der Waals surface area contributed by atoms with Gasteiger partial charge in [-0.3, -0.25) is 14.2 Å². The van der Waals surface area contributed by atoms with Gasteiger partial charge in [-0.15, -0.1) is 11.3 Å². The number of H-pyrrole nitrogens is 1. The minimum atomic E-state index is -0.183. The van der Waals surface area contributed by atoms with Crippen molar-refractivity contribution >= 4 is 40.4 Å². The molecule has 0 radical (unpaired) electrons. The summed E-state index contributed by atoms with van der Waals surface area (Å²) in [6, 6.07) is 7.18. The number of nitrogens with zero attached hydrogens (tertiary/aromatic N) is 2. The van der Waals surface area contributed by atoms with E-state index in [4.69, 9.17) is 12.2 Å². The van der Waals surface area contributed by atoms with Crippen LogP contribution in [0.1, 0.15) is 17.1 Å². The van der Waals surface area contributed by atoms with Gasteiger partial charge in [-0.2, -0.15) is 0 Å². The fourth-order valence-corrected chi connectivity index (χ4v) is 3.36. The van der Waals surface area contributed by atoms with E-state index in [-0.39, 0.29) is 24.4 Å². The summed E-state index contributed by atoms with van der Waals surface area (Å²) in [6.07, 6.45) is 0.181. The van der Waals surface area contributed by atoms with Crippen molar-refractivity contribution in [1.82, 2.24) is 19.9 Å². The minimum absolute atomic E-state index is 0.141. The monoisotopic (exact) mass is 360 g/mol. The number of carbonyl (C=O) groups excluding carboxylic acids is 1. The first kappa shape index (κ1) is 16.5. The van der Waals surface area contributed by atoms with Gasteiger partial charge in [-0.1, -0.05) is 12.1 Å². The molecule has 0 fully saturated rings. The number of para-hydroxylation sites is 1. The van der Waals surface area contributed by atoms with Crippen LogP contribution in [0.3, 0.4) is 0 Å². The summed E-state index contributed by atoms with van der Waals surface area (Å²) in [6.45, 7) is 2.55. The number of fused-ring (bicyclic) bond motifs is 1. The van der Waals surface area contributed by atoms with E-state index in [9.17, 15) is 9.59 Å². The van der Waals surface area contributed by atoms with E-state index in [1.165, 1.54) is 15.9 Å². The molecule has 2 aromatic heterocycles. The first-order chi connectivity index (χ1) is 11.5. The molecular weight excluding hydrogens is 344 g/mol. The van der Waals surface area contributed by atoms with Crippen molar-refractivity contribution in [3.05, 3.63) is 55.5 Å². The van der Waals surface area contributed by atoms with E-state index in [1.54, 1.807) is 18.2 Å². The van der Waals surface area contributed by atoms with Gasteiger partial charge in [0.15, 0.2) is 4.77 Å². The number of nitrogens with one attached hydrogen (secondary N) is 2. The molecule has 2 N–H and O–H groups in total. The SMILES string of the molecule is Cc1csc(CNC(=O)CCn2c(=S)[nH]c3ccccc3c2=O)n1. The van der Waals surface area contributed by atoms with Crippen LogP contribution < -0.4 is 10.9 Å². The van der Waals surface area contributed by atoms with Crippen molar-refractivity contribution in [3.63, 3.8) is 0 Å². The zero-order chi connectivity index (χ0) is 17.1. The molecule has 2 heterocycles. The van der Waals surface area contributed by atoms with Crippen molar-refractivity contribution in [2.75, 3.05) is 0 Å². The van der Waals surface area contributed by atoms with Gasteiger partial charge in [-0.25, -0.2) is 4.98 Å². The first-order valence-corrected chi connectivity index (χ1v) is 8.73. The zero-order valence-corrected chi connectivity index (χ0v) is 14.7. The highest BCUT2D eigenvalue weighted by Gasteiger charge is 2.08. The smallest absolute Gasteiger partial charge is 0.262 e. The Bertz CT molecular complexity index is 1000. The standard InChI is InChI=1S/C16H16N4O2S2/c1-10-9-24-14(18-10)8-17-13(21)6-7-20-15(22)11-4-2-3-5-12(11)19-16(20)23/h2-5,9H,6-8H2,1H3,(H,17,21)(H,19,23). The molecule has 0 aliphatic carbocycles. The molecule has 8 heteroatoms. The van der Waals surface area contributed by atoms with E-state index in [1.807, 2.05) is 18.4 Å². The second-order valence-electron chi connectivity index (χ2n) is 5.34. The molecule has 0 saturated heterocycles. The summed E-state index contributed by atoms with van der Waals surface area (Å²) in [5.74, 6) is -0.141. The Morgan fingerprint density at radius 1 is 1.42 bits per heavy atom. The topological polar surface area (TPSA) is 79.8 Å². The second kappa shape index (κ2) is 7.06. The van der Waals surface area contributed by atoms with Gasteiger partial charge in [0.1, 0.15) is 5.01 Å². The number of thiazole rings is 1. The van der Waals surface area contributed by atoms with Crippen LogP contribution >= 0.6 is 23.6 Å². The third-order valence-electron chi connectivity index (χ3n) is 3.56. The van der Waals surface area contributed by atoms with Crippen LogP contribution in [0.15, 0.2) is 34.4 Å². The van der Waals surface area contributed by atoms with Crippen LogP contribution in [0, 0.1) is 11.7 Å². The lowest BCUT2D eigenvalue weighted by molar-refractivity contribution is -0.121. The molecule has 24 heavy (non-hydrogen) atoms. The molecule has 0 bridgehead atoms. The molecule has 0 aliphatic rings. The largest absolute Gasteiger partial charge is 0.350 e. The Hall–Kier alpha value is -2.32.